The molecule has 6 heteroatoms. The van der Waals surface area contributed by atoms with Crippen LogP contribution in [-0.4, -0.2) is 40.2 Å². The number of esters is 1. The second-order valence-electron chi connectivity index (χ2n) is 3.31. The predicted octanol–water partition coefficient (Wildman–Crippen LogP) is -0.148. The average molecular weight is 239 g/mol. The first-order valence-electron chi connectivity index (χ1n) is 5.03. The van der Waals surface area contributed by atoms with Gasteiger partial charge in [0.2, 0.25) is 0 Å². The molecule has 2 atom stereocenters. The van der Waals surface area contributed by atoms with E-state index >= 15 is 0 Å². The van der Waals surface area contributed by atoms with Crippen molar-refractivity contribution in [3.63, 3.8) is 0 Å². The van der Waals surface area contributed by atoms with Gasteiger partial charge in [0.15, 0.2) is 12.4 Å². The van der Waals surface area contributed by atoms with E-state index in [1.54, 1.807) is 6.92 Å². The smallest absolute Gasteiger partial charge is 0.338 e. The van der Waals surface area contributed by atoms with E-state index in [1.807, 2.05) is 0 Å². The SMILES string of the molecule is CCOC(=O)C(O)C(O)c1cncc(C=O)c1. The number of aldehydes is 1. The van der Waals surface area contributed by atoms with Gasteiger partial charge in [-0.25, -0.2) is 4.79 Å². The van der Waals surface area contributed by atoms with Crippen molar-refractivity contribution in [3.8, 4) is 0 Å². The minimum Gasteiger partial charge on any atom is -0.464 e. The summed E-state index contributed by atoms with van der Waals surface area (Å²) in [5.41, 5.74) is 0.424. The standard InChI is InChI=1S/C11H13NO5/c1-2-17-11(16)10(15)9(14)8-3-7(6-13)4-12-5-8/h3-6,9-10,14-15H,2H2,1H3. The molecular weight excluding hydrogens is 226 g/mol. The van der Waals surface area contributed by atoms with Crippen LogP contribution in [0.5, 0.6) is 0 Å². The first-order valence-corrected chi connectivity index (χ1v) is 5.03. The molecule has 2 N–H and O–H groups in total. The fourth-order valence-electron chi connectivity index (χ4n) is 1.24. The number of rotatable bonds is 5. The van der Waals surface area contributed by atoms with E-state index in [4.69, 9.17) is 0 Å². The lowest BCUT2D eigenvalue weighted by molar-refractivity contribution is -0.159. The van der Waals surface area contributed by atoms with Crippen LogP contribution in [0.4, 0.5) is 0 Å². The predicted molar refractivity (Wildman–Crippen MR) is 57.2 cm³/mol. The first kappa shape index (κ1) is 13.3. The zero-order valence-corrected chi connectivity index (χ0v) is 9.24. The second-order valence-corrected chi connectivity index (χ2v) is 3.31. The molecule has 0 fully saturated rings. The number of aliphatic hydroxyl groups excluding tert-OH is 2. The minimum atomic E-state index is -1.70. The van der Waals surface area contributed by atoms with Crippen molar-refractivity contribution >= 4 is 12.3 Å². The Hall–Kier alpha value is -1.79. The number of nitrogens with zero attached hydrogens (tertiary/aromatic N) is 1. The van der Waals surface area contributed by atoms with Gasteiger partial charge in [-0.15, -0.1) is 0 Å². The van der Waals surface area contributed by atoms with Crippen molar-refractivity contribution < 1.29 is 24.5 Å². The van der Waals surface area contributed by atoms with Crippen LogP contribution in [0.2, 0.25) is 0 Å². The summed E-state index contributed by atoms with van der Waals surface area (Å²) in [7, 11) is 0. The molecule has 0 radical (unpaired) electrons. The molecule has 17 heavy (non-hydrogen) atoms. The van der Waals surface area contributed by atoms with Gasteiger partial charge in [-0.3, -0.25) is 9.78 Å². The Kier molecular flexibility index (Phi) is 4.74. The molecule has 1 aromatic heterocycles. The first-order chi connectivity index (χ1) is 8.10. The van der Waals surface area contributed by atoms with E-state index in [-0.39, 0.29) is 17.7 Å². The largest absolute Gasteiger partial charge is 0.464 e. The lowest BCUT2D eigenvalue weighted by Crippen LogP contribution is -2.30. The molecule has 0 aliphatic rings. The zero-order valence-electron chi connectivity index (χ0n) is 9.24. The average Bonchev–Trinajstić information content (AvgIpc) is 2.37. The van der Waals surface area contributed by atoms with E-state index in [2.05, 4.69) is 9.72 Å². The molecule has 0 saturated heterocycles. The topological polar surface area (TPSA) is 96.7 Å². The summed E-state index contributed by atoms with van der Waals surface area (Å²) >= 11 is 0. The quantitative estimate of drug-likeness (QED) is 0.548. The lowest BCUT2D eigenvalue weighted by Gasteiger charge is -2.16. The van der Waals surface area contributed by atoms with Crippen LogP contribution in [0.25, 0.3) is 0 Å². The Labute approximate surface area is 97.9 Å². The molecule has 2 unspecified atom stereocenters. The van der Waals surface area contributed by atoms with Crippen molar-refractivity contribution in [2.45, 2.75) is 19.1 Å². The van der Waals surface area contributed by atoms with Crippen LogP contribution in [0.3, 0.4) is 0 Å². The van der Waals surface area contributed by atoms with Gasteiger partial charge in [0, 0.05) is 23.5 Å². The van der Waals surface area contributed by atoms with Gasteiger partial charge in [0.25, 0.3) is 0 Å². The highest BCUT2D eigenvalue weighted by molar-refractivity contribution is 5.76. The zero-order chi connectivity index (χ0) is 12.8. The fraction of sp³-hybridized carbons (Fsp3) is 0.364. The number of hydrogen-bond acceptors (Lipinski definition) is 6. The summed E-state index contributed by atoms with van der Waals surface area (Å²) in [4.78, 5) is 25.4. The highest BCUT2D eigenvalue weighted by atomic mass is 16.5. The molecule has 0 amide bonds. The van der Waals surface area contributed by atoms with Crippen LogP contribution in [0, 0.1) is 0 Å². The highest BCUT2D eigenvalue weighted by Gasteiger charge is 2.27. The number of carbonyl (C=O) groups is 2. The fourth-order valence-corrected chi connectivity index (χ4v) is 1.24. The van der Waals surface area contributed by atoms with E-state index in [0.29, 0.717) is 6.29 Å². The van der Waals surface area contributed by atoms with Crippen molar-refractivity contribution in [3.05, 3.63) is 29.6 Å². The summed E-state index contributed by atoms with van der Waals surface area (Å²) in [5.74, 6) is -0.920. The van der Waals surface area contributed by atoms with Gasteiger partial charge >= 0.3 is 5.97 Å². The molecule has 0 aliphatic heterocycles. The normalized spacial score (nSPS) is 13.8. The number of hydrogen-bond donors (Lipinski definition) is 2. The minimum absolute atomic E-state index is 0.106. The van der Waals surface area contributed by atoms with E-state index in [0.717, 1.165) is 0 Å². The van der Waals surface area contributed by atoms with E-state index in [1.165, 1.54) is 18.5 Å². The molecule has 0 saturated carbocycles. The molecule has 0 aliphatic carbocycles. The Morgan fingerprint density at radius 1 is 1.53 bits per heavy atom. The molecular formula is C11H13NO5. The third-order valence-corrected chi connectivity index (χ3v) is 2.09. The molecule has 6 nitrogen and oxygen atoms in total. The number of ether oxygens (including phenoxy) is 1. The molecule has 0 spiro atoms. The molecule has 0 bridgehead atoms. The van der Waals surface area contributed by atoms with Crippen LogP contribution in [0.15, 0.2) is 18.5 Å². The van der Waals surface area contributed by atoms with Crippen LogP contribution >= 0.6 is 0 Å². The van der Waals surface area contributed by atoms with Gasteiger partial charge in [-0.1, -0.05) is 0 Å². The Morgan fingerprint density at radius 3 is 2.82 bits per heavy atom. The van der Waals surface area contributed by atoms with Crippen LogP contribution < -0.4 is 0 Å². The maximum Gasteiger partial charge on any atom is 0.338 e. The summed E-state index contributed by atoms with van der Waals surface area (Å²) in [6, 6.07) is 1.34. The molecule has 1 aromatic rings. The van der Waals surface area contributed by atoms with Crippen LogP contribution in [-0.2, 0) is 9.53 Å². The Bertz CT molecular complexity index is 407. The molecule has 92 valence electrons. The van der Waals surface area contributed by atoms with Crippen molar-refractivity contribution in [1.29, 1.82) is 0 Å². The molecule has 0 aromatic carbocycles. The number of carbonyl (C=O) groups excluding carboxylic acids is 2. The number of aromatic nitrogens is 1. The van der Waals surface area contributed by atoms with Gasteiger partial charge in [0.05, 0.1) is 6.61 Å². The van der Waals surface area contributed by atoms with Gasteiger partial charge < -0.3 is 14.9 Å². The Balaban J connectivity index is 2.83. The maximum atomic E-state index is 11.2. The van der Waals surface area contributed by atoms with Crippen molar-refractivity contribution in [1.82, 2.24) is 4.98 Å². The van der Waals surface area contributed by atoms with Crippen molar-refractivity contribution in [2.75, 3.05) is 6.61 Å². The maximum absolute atomic E-state index is 11.2. The number of pyridine rings is 1. The van der Waals surface area contributed by atoms with E-state index in [9.17, 15) is 19.8 Å². The summed E-state index contributed by atoms with van der Waals surface area (Å²) in [6.45, 7) is 1.70. The summed E-state index contributed by atoms with van der Waals surface area (Å²) in [5, 5.41) is 19.2. The lowest BCUT2D eigenvalue weighted by atomic mass is 10.1. The summed E-state index contributed by atoms with van der Waals surface area (Å²) in [6.07, 6.45) is -0.0415. The van der Waals surface area contributed by atoms with Crippen molar-refractivity contribution in [2.24, 2.45) is 0 Å². The third kappa shape index (κ3) is 3.33. The molecule has 1 rings (SSSR count). The third-order valence-electron chi connectivity index (χ3n) is 2.09. The summed E-state index contributed by atoms with van der Waals surface area (Å²) < 4.78 is 4.56. The van der Waals surface area contributed by atoms with Gasteiger partial charge in [-0.2, -0.15) is 0 Å². The highest BCUT2D eigenvalue weighted by Crippen LogP contribution is 2.17. The Morgan fingerprint density at radius 2 is 2.24 bits per heavy atom. The molecule has 1 heterocycles. The second kappa shape index (κ2) is 6.07. The number of aliphatic hydroxyl groups is 2. The monoisotopic (exact) mass is 239 g/mol. The van der Waals surface area contributed by atoms with Gasteiger partial charge in [-0.05, 0) is 13.0 Å². The van der Waals surface area contributed by atoms with Gasteiger partial charge in [0.1, 0.15) is 6.10 Å². The van der Waals surface area contributed by atoms with E-state index < -0.39 is 18.2 Å². The van der Waals surface area contributed by atoms with Crippen LogP contribution in [0.1, 0.15) is 28.9 Å².